The Labute approximate surface area is 234 Å². The van der Waals surface area contributed by atoms with E-state index in [0.29, 0.717) is 54.2 Å². The quantitative estimate of drug-likeness (QED) is 0.202. The van der Waals surface area contributed by atoms with Crippen LogP contribution in [0, 0.1) is 6.92 Å². The van der Waals surface area contributed by atoms with E-state index >= 15 is 0 Å². The number of ether oxygens (including phenoxy) is 3. The Bertz CT molecular complexity index is 1570. The lowest BCUT2D eigenvalue weighted by Gasteiger charge is -2.26. The summed E-state index contributed by atoms with van der Waals surface area (Å²) in [5.41, 5.74) is 3.36. The van der Waals surface area contributed by atoms with Crippen LogP contribution in [0.15, 0.2) is 69.9 Å². The van der Waals surface area contributed by atoms with Crippen LogP contribution in [0.3, 0.4) is 0 Å². The molecule has 40 heavy (non-hydrogen) atoms. The van der Waals surface area contributed by atoms with Crippen LogP contribution in [0.2, 0.25) is 0 Å². The first-order valence-electron chi connectivity index (χ1n) is 13.9. The van der Waals surface area contributed by atoms with Crippen LogP contribution in [0.25, 0.3) is 11.0 Å². The molecule has 1 amide bonds. The molecule has 1 aliphatic rings. The van der Waals surface area contributed by atoms with E-state index in [1.165, 1.54) is 0 Å². The summed E-state index contributed by atoms with van der Waals surface area (Å²) in [6, 6.07) is 18.3. The first kappa shape index (κ1) is 27.3. The van der Waals surface area contributed by atoms with E-state index in [1.54, 1.807) is 18.1 Å². The Kier molecular flexibility index (Phi) is 8.10. The van der Waals surface area contributed by atoms with E-state index in [9.17, 15) is 9.59 Å². The highest BCUT2D eigenvalue weighted by Gasteiger charge is 2.42. The average molecular weight is 542 g/mol. The smallest absolute Gasteiger partial charge is 0.290 e. The van der Waals surface area contributed by atoms with Crippen molar-refractivity contribution in [1.29, 1.82) is 0 Å². The van der Waals surface area contributed by atoms with Gasteiger partial charge in [-0.15, -0.1) is 0 Å². The summed E-state index contributed by atoms with van der Waals surface area (Å²) >= 11 is 0. The van der Waals surface area contributed by atoms with Crippen molar-refractivity contribution in [3.05, 3.63) is 98.9 Å². The molecule has 0 saturated carbocycles. The van der Waals surface area contributed by atoms with Crippen LogP contribution in [-0.2, 0) is 6.42 Å². The highest BCUT2D eigenvalue weighted by Crippen LogP contribution is 2.41. The van der Waals surface area contributed by atoms with Crippen molar-refractivity contribution < 1.29 is 23.4 Å². The highest BCUT2D eigenvalue weighted by molar-refractivity contribution is 5.99. The molecule has 2 heterocycles. The normalized spacial score (nSPS) is 14.4. The maximum Gasteiger partial charge on any atom is 0.290 e. The van der Waals surface area contributed by atoms with Gasteiger partial charge in [0.2, 0.25) is 5.76 Å². The van der Waals surface area contributed by atoms with Crippen LogP contribution in [0.5, 0.6) is 17.2 Å². The van der Waals surface area contributed by atoms with Gasteiger partial charge >= 0.3 is 0 Å². The molecule has 0 bridgehead atoms. The molecule has 208 valence electrons. The first-order valence-corrected chi connectivity index (χ1v) is 13.9. The Morgan fingerprint density at radius 2 is 1.73 bits per heavy atom. The minimum Gasteiger partial charge on any atom is -0.497 e. The van der Waals surface area contributed by atoms with E-state index < -0.39 is 6.04 Å². The molecule has 0 aliphatic carbocycles. The molecule has 3 aromatic carbocycles. The number of rotatable bonds is 11. The Morgan fingerprint density at radius 1 is 0.925 bits per heavy atom. The second-order valence-electron chi connectivity index (χ2n) is 10.0. The van der Waals surface area contributed by atoms with Gasteiger partial charge in [0.05, 0.1) is 37.3 Å². The van der Waals surface area contributed by atoms with Crippen LogP contribution in [0.1, 0.15) is 65.5 Å². The molecule has 0 saturated heterocycles. The minimum absolute atomic E-state index is 0.0994. The van der Waals surface area contributed by atoms with Crippen LogP contribution in [-0.4, -0.2) is 37.7 Å². The first-order chi connectivity index (χ1) is 19.4. The number of carbonyl (C=O) groups excluding carboxylic acids is 1. The number of unbranched alkanes of at least 4 members (excludes halogenated alkanes) is 1. The maximum atomic E-state index is 13.9. The summed E-state index contributed by atoms with van der Waals surface area (Å²) in [5.74, 6) is 1.81. The molecular formula is C33H35NO6. The number of hydrogen-bond donors (Lipinski definition) is 0. The number of aryl methyl sites for hydroxylation is 1. The highest BCUT2D eigenvalue weighted by atomic mass is 16.5. The Hall–Kier alpha value is -4.26. The lowest BCUT2D eigenvalue weighted by Crippen LogP contribution is -2.31. The van der Waals surface area contributed by atoms with Gasteiger partial charge in [-0.1, -0.05) is 43.2 Å². The molecule has 4 aromatic rings. The van der Waals surface area contributed by atoms with Gasteiger partial charge in [0.1, 0.15) is 11.3 Å². The fourth-order valence-electron chi connectivity index (χ4n) is 5.16. The number of carbonyl (C=O) groups is 1. The number of amides is 1. The third-order valence-electron chi connectivity index (χ3n) is 7.26. The van der Waals surface area contributed by atoms with E-state index in [4.69, 9.17) is 18.6 Å². The SMILES string of the molecule is CCCCOc1ccc(C2c3c(oc4ccc(C)cc4c3=O)C(=O)N2CCc2ccc(OC)cc2)cc1OCC. The van der Waals surface area contributed by atoms with Gasteiger partial charge in [-0.05, 0) is 74.2 Å². The number of nitrogens with zero attached hydrogens (tertiary/aromatic N) is 1. The maximum absolute atomic E-state index is 13.9. The summed E-state index contributed by atoms with van der Waals surface area (Å²) in [6.45, 7) is 7.41. The van der Waals surface area contributed by atoms with Crippen molar-refractivity contribution in [2.45, 2.75) is 46.1 Å². The number of hydrogen-bond acceptors (Lipinski definition) is 6. The zero-order chi connectivity index (χ0) is 28.2. The summed E-state index contributed by atoms with van der Waals surface area (Å²) < 4.78 is 23.3. The fraction of sp³-hybridized carbons (Fsp3) is 0.333. The molecule has 1 atom stereocenters. The lowest BCUT2D eigenvalue weighted by molar-refractivity contribution is 0.0729. The van der Waals surface area contributed by atoms with Gasteiger partial charge < -0.3 is 23.5 Å². The molecular weight excluding hydrogens is 506 g/mol. The standard InChI is InChI=1S/C33H35NO6/c1-5-7-18-39-27-15-11-23(20-28(27)38-6-2)30-29-31(35)25-19-21(3)8-14-26(25)40-32(29)33(36)34(30)17-16-22-9-12-24(37-4)13-10-22/h8-15,19-20,30H,5-7,16-18H2,1-4H3. The van der Waals surface area contributed by atoms with Crippen LogP contribution in [0.4, 0.5) is 0 Å². The molecule has 1 aliphatic heterocycles. The van der Waals surface area contributed by atoms with Gasteiger partial charge in [-0.25, -0.2) is 0 Å². The third-order valence-corrected chi connectivity index (χ3v) is 7.26. The van der Waals surface area contributed by atoms with Crippen LogP contribution >= 0.6 is 0 Å². The zero-order valence-electron chi connectivity index (χ0n) is 23.5. The van der Waals surface area contributed by atoms with Crippen molar-refractivity contribution in [2.75, 3.05) is 26.9 Å². The lowest BCUT2D eigenvalue weighted by atomic mass is 9.97. The van der Waals surface area contributed by atoms with E-state index in [1.807, 2.05) is 68.4 Å². The van der Waals surface area contributed by atoms with E-state index in [2.05, 4.69) is 6.92 Å². The molecule has 5 rings (SSSR count). The molecule has 0 N–H and O–H groups in total. The predicted molar refractivity (Wildman–Crippen MR) is 155 cm³/mol. The van der Waals surface area contributed by atoms with Crippen molar-refractivity contribution >= 4 is 16.9 Å². The largest absolute Gasteiger partial charge is 0.497 e. The average Bonchev–Trinajstić information content (AvgIpc) is 3.25. The number of methoxy groups -OCH3 is 1. The predicted octanol–water partition coefficient (Wildman–Crippen LogP) is 6.48. The minimum atomic E-state index is -0.620. The van der Waals surface area contributed by atoms with Crippen molar-refractivity contribution in [3.63, 3.8) is 0 Å². The molecule has 7 heteroatoms. The van der Waals surface area contributed by atoms with Gasteiger partial charge in [0, 0.05) is 6.54 Å². The summed E-state index contributed by atoms with van der Waals surface area (Å²) in [6.07, 6.45) is 2.56. The monoisotopic (exact) mass is 541 g/mol. The molecule has 1 aromatic heterocycles. The molecule has 1 unspecified atom stereocenters. The van der Waals surface area contributed by atoms with Crippen molar-refractivity contribution in [2.24, 2.45) is 0 Å². The van der Waals surface area contributed by atoms with E-state index in [-0.39, 0.29) is 17.1 Å². The van der Waals surface area contributed by atoms with Gasteiger partial charge in [0.15, 0.2) is 16.9 Å². The van der Waals surface area contributed by atoms with Gasteiger partial charge in [-0.2, -0.15) is 0 Å². The van der Waals surface area contributed by atoms with E-state index in [0.717, 1.165) is 35.3 Å². The van der Waals surface area contributed by atoms with Gasteiger partial charge in [0.25, 0.3) is 5.91 Å². The second-order valence-corrected chi connectivity index (χ2v) is 10.0. The molecule has 0 spiro atoms. The fourth-order valence-corrected chi connectivity index (χ4v) is 5.16. The van der Waals surface area contributed by atoms with Crippen LogP contribution < -0.4 is 19.6 Å². The summed E-state index contributed by atoms with van der Waals surface area (Å²) in [7, 11) is 1.63. The summed E-state index contributed by atoms with van der Waals surface area (Å²) in [5, 5.41) is 0.470. The summed E-state index contributed by atoms with van der Waals surface area (Å²) in [4.78, 5) is 29.5. The van der Waals surface area contributed by atoms with Crippen molar-refractivity contribution in [3.8, 4) is 17.2 Å². The van der Waals surface area contributed by atoms with Crippen molar-refractivity contribution in [1.82, 2.24) is 4.90 Å². The van der Waals surface area contributed by atoms with Gasteiger partial charge in [-0.3, -0.25) is 9.59 Å². The topological polar surface area (TPSA) is 78.2 Å². The molecule has 7 nitrogen and oxygen atoms in total. The second kappa shape index (κ2) is 11.9. The molecule has 0 radical (unpaired) electrons. The Balaban J connectivity index is 1.59. The molecule has 0 fully saturated rings. The number of fused-ring (bicyclic) bond motifs is 2. The Morgan fingerprint density at radius 3 is 2.45 bits per heavy atom. The zero-order valence-corrected chi connectivity index (χ0v) is 23.5. The number of benzene rings is 3. The third kappa shape index (κ3) is 5.28.